The van der Waals surface area contributed by atoms with Crippen LogP contribution in [0.3, 0.4) is 0 Å². The van der Waals surface area contributed by atoms with E-state index < -0.39 is 0 Å². The molecule has 2 N–H and O–H groups in total. The lowest BCUT2D eigenvalue weighted by molar-refractivity contribution is 0.262. The van der Waals surface area contributed by atoms with Gasteiger partial charge in [0.25, 0.3) is 0 Å². The molecule has 6 heteroatoms. The molecule has 88 valence electrons. The standard InChI is InChI=1S/C11H12N4OS/c1-7-4-3-5-9(6-7)13-10(16)14-11-12-8(2)15-17-11/h3-6H,1-2H3,(H2,12,13,14,15,16). The molecule has 2 aromatic rings. The summed E-state index contributed by atoms with van der Waals surface area (Å²) in [6.07, 6.45) is 0. The van der Waals surface area contributed by atoms with Gasteiger partial charge in [0.15, 0.2) is 0 Å². The van der Waals surface area contributed by atoms with Crippen LogP contribution in [0.1, 0.15) is 11.4 Å². The molecular weight excluding hydrogens is 236 g/mol. The highest BCUT2D eigenvalue weighted by atomic mass is 32.1. The van der Waals surface area contributed by atoms with Crippen molar-refractivity contribution in [2.45, 2.75) is 13.8 Å². The zero-order valence-corrected chi connectivity index (χ0v) is 10.3. The Balaban J connectivity index is 1.98. The van der Waals surface area contributed by atoms with E-state index in [2.05, 4.69) is 20.0 Å². The fraction of sp³-hybridized carbons (Fsp3) is 0.182. The topological polar surface area (TPSA) is 66.9 Å². The molecule has 0 radical (unpaired) electrons. The summed E-state index contributed by atoms with van der Waals surface area (Å²) in [6, 6.07) is 7.27. The number of nitrogens with zero attached hydrogens (tertiary/aromatic N) is 2. The zero-order chi connectivity index (χ0) is 12.3. The summed E-state index contributed by atoms with van der Waals surface area (Å²) in [7, 11) is 0. The van der Waals surface area contributed by atoms with E-state index in [4.69, 9.17) is 0 Å². The van der Waals surface area contributed by atoms with Gasteiger partial charge in [0.1, 0.15) is 5.82 Å². The number of hydrogen-bond donors (Lipinski definition) is 2. The average molecular weight is 248 g/mol. The molecule has 0 saturated carbocycles. The summed E-state index contributed by atoms with van der Waals surface area (Å²) in [4.78, 5) is 15.7. The monoisotopic (exact) mass is 248 g/mol. The highest BCUT2D eigenvalue weighted by Gasteiger charge is 2.05. The normalized spacial score (nSPS) is 10.0. The van der Waals surface area contributed by atoms with Gasteiger partial charge in [0.05, 0.1) is 0 Å². The number of urea groups is 1. The molecule has 0 bridgehead atoms. The number of carbonyl (C=O) groups excluding carboxylic acids is 1. The zero-order valence-electron chi connectivity index (χ0n) is 9.52. The van der Waals surface area contributed by atoms with E-state index in [1.807, 2.05) is 31.2 Å². The first kappa shape index (κ1) is 11.5. The van der Waals surface area contributed by atoms with Gasteiger partial charge in [-0.25, -0.2) is 9.78 Å². The van der Waals surface area contributed by atoms with E-state index in [1.54, 1.807) is 6.92 Å². The molecule has 1 aromatic carbocycles. The number of aryl methyl sites for hydroxylation is 2. The average Bonchev–Trinajstić information content (AvgIpc) is 2.63. The summed E-state index contributed by atoms with van der Waals surface area (Å²) in [5.41, 5.74) is 1.85. The number of amides is 2. The molecule has 0 fully saturated rings. The summed E-state index contributed by atoms with van der Waals surface area (Å²) >= 11 is 1.16. The number of rotatable bonds is 2. The molecule has 5 nitrogen and oxygen atoms in total. The molecular formula is C11H12N4OS. The van der Waals surface area contributed by atoms with Gasteiger partial charge < -0.3 is 5.32 Å². The maximum absolute atomic E-state index is 11.6. The van der Waals surface area contributed by atoms with E-state index in [-0.39, 0.29) is 6.03 Å². The van der Waals surface area contributed by atoms with Crippen LogP contribution in [0.4, 0.5) is 15.6 Å². The van der Waals surface area contributed by atoms with Crippen LogP contribution in [0.5, 0.6) is 0 Å². The molecule has 17 heavy (non-hydrogen) atoms. The van der Waals surface area contributed by atoms with Crippen molar-refractivity contribution in [2.24, 2.45) is 0 Å². The van der Waals surface area contributed by atoms with Gasteiger partial charge in [0, 0.05) is 17.2 Å². The highest BCUT2D eigenvalue weighted by Crippen LogP contribution is 2.12. The summed E-state index contributed by atoms with van der Waals surface area (Å²) in [6.45, 7) is 3.75. The smallest absolute Gasteiger partial charge is 0.308 e. The fourth-order valence-corrected chi connectivity index (χ4v) is 1.90. The third-order valence-corrected chi connectivity index (χ3v) is 2.75. The van der Waals surface area contributed by atoms with Crippen LogP contribution >= 0.6 is 11.5 Å². The van der Waals surface area contributed by atoms with E-state index >= 15 is 0 Å². The molecule has 0 aliphatic rings. The lowest BCUT2D eigenvalue weighted by atomic mass is 10.2. The summed E-state index contributed by atoms with van der Waals surface area (Å²) in [5, 5.41) is 5.85. The van der Waals surface area contributed by atoms with Crippen molar-refractivity contribution in [1.82, 2.24) is 9.36 Å². The number of carbonyl (C=O) groups is 1. The van der Waals surface area contributed by atoms with E-state index in [0.717, 1.165) is 22.8 Å². The van der Waals surface area contributed by atoms with Gasteiger partial charge in [-0.15, -0.1) is 0 Å². The van der Waals surface area contributed by atoms with Gasteiger partial charge in [-0.2, -0.15) is 4.37 Å². The molecule has 0 aliphatic heterocycles. The minimum atomic E-state index is -0.313. The molecule has 2 amide bonds. The van der Waals surface area contributed by atoms with Crippen LogP contribution in [0.15, 0.2) is 24.3 Å². The Labute approximate surface area is 103 Å². The van der Waals surface area contributed by atoms with Gasteiger partial charge in [-0.05, 0) is 31.5 Å². The van der Waals surface area contributed by atoms with Crippen LogP contribution in [0.2, 0.25) is 0 Å². The molecule has 0 unspecified atom stereocenters. The second-order valence-electron chi connectivity index (χ2n) is 3.60. The van der Waals surface area contributed by atoms with E-state index in [1.165, 1.54) is 0 Å². The predicted molar refractivity (Wildman–Crippen MR) is 68.5 cm³/mol. The number of aromatic nitrogens is 2. The van der Waals surface area contributed by atoms with Gasteiger partial charge in [-0.1, -0.05) is 12.1 Å². The second-order valence-corrected chi connectivity index (χ2v) is 4.35. The minimum Gasteiger partial charge on any atom is -0.308 e. The maximum atomic E-state index is 11.6. The predicted octanol–water partition coefficient (Wildman–Crippen LogP) is 2.80. The molecule has 0 aliphatic carbocycles. The number of nitrogens with one attached hydrogen (secondary N) is 2. The molecule has 2 rings (SSSR count). The van der Waals surface area contributed by atoms with Crippen molar-refractivity contribution in [2.75, 3.05) is 10.6 Å². The number of hydrogen-bond acceptors (Lipinski definition) is 4. The van der Waals surface area contributed by atoms with Crippen molar-refractivity contribution in [3.05, 3.63) is 35.7 Å². The Morgan fingerprint density at radius 1 is 1.29 bits per heavy atom. The van der Waals surface area contributed by atoms with Crippen molar-refractivity contribution < 1.29 is 4.79 Å². The number of anilines is 2. The quantitative estimate of drug-likeness (QED) is 0.858. The van der Waals surface area contributed by atoms with E-state index in [9.17, 15) is 4.79 Å². The first-order chi connectivity index (χ1) is 8.13. The Morgan fingerprint density at radius 3 is 2.76 bits per heavy atom. The molecule has 0 spiro atoms. The summed E-state index contributed by atoms with van der Waals surface area (Å²) < 4.78 is 3.98. The third kappa shape index (κ3) is 3.25. The first-order valence-electron chi connectivity index (χ1n) is 5.08. The molecule has 1 aromatic heterocycles. The SMILES string of the molecule is Cc1cccc(NC(=O)Nc2nc(C)ns2)c1. The Hall–Kier alpha value is -1.95. The van der Waals surface area contributed by atoms with Crippen molar-refractivity contribution in [1.29, 1.82) is 0 Å². The fourth-order valence-electron chi connectivity index (χ4n) is 1.33. The lowest BCUT2D eigenvalue weighted by Gasteiger charge is -2.05. The maximum Gasteiger partial charge on any atom is 0.325 e. The first-order valence-corrected chi connectivity index (χ1v) is 5.86. The van der Waals surface area contributed by atoms with Crippen LogP contribution in [0, 0.1) is 13.8 Å². The highest BCUT2D eigenvalue weighted by molar-refractivity contribution is 7.09. The van der Waals surface area contributed by atoms with E-state index in [0.29, 0.717) is 11.0 Å². The van der Waals surface area contributed by atoms with Gasteiger partial charge in [-0.3, -0.25) is 5.32 Å². The number of benzene rings is 1. The van der Waals surface area contributed by atoms with Crippen molar-refractivity contribution in [3.8, 4) is 0 Å². The molecule has 0 saturated heterocycles. The van der Waals surface area contributed by atoms with Gasteiger partial charge in [0.2, 0.25) is 5.13 Å². The Kier molecular flexibility index (Phi) is 3.34. The van der Waals surface area contributed by atoms with Crippen LogP contribution in [-0.2, 0) is 0 Å². The Bertz CT molecular complexity index is 538. The molecule has 1 heterocycles. The van der Waals surface area contributed by atoms with Crippen LogP contribution < -0.4 is 10.6 Å². The van der Waals surface area contributed by atoms with Gasteiger partial charge >= 0.3 is 6.03 Å². The third-order valence-electron chi connectivity index (χ3n) is 2.02. The Morgan fingerprint density at radius 2 is 2.12 bits per heavy atom. The van der Waals surface area contributed by atoms with Crippen LogP contribution in [-0.4, -0.2) is 15.4 Å². The van der Waals surface area contributed by atoms with Crippen molar-refractivity contribution in [3.63, 3.8) is 0 Å². The second kappa shape index (κ2) is 4.92. The largest absolute Gasteiger partial charge is 0.325 e. The summed E-state index contributed by atoms with van der Waals surface area (Å²) in [5.74, 6) is 0.654. The van der Waals surface area contributed by atoms with Crippen molar-refractivity contribution >= 4 is 28.4 Å². The lowest BCUT2D eigenvalue weighted by Crippen LogP contribution is -2.19. The van der Waals surface area contributed by atoms with Crippen LogP contribution in [0.25, 0.3) is 0 Å². The molecule has 0 atom stereocenters. The minimum absolute atomic E-state index is 0.313.